The Labute approximate surface area is 137 Å². The van der Waals surface area contributed by atoms with E-state index in [0.29, 0.717) is 39.6 Å². The van der Waals surface area contributed by atoms with Gasteiger partial charge in [-0.05, 0) is 31.0 Å². The first kappa shape index (κ1) is 17.9. The Balaban J connectivity index is 1.89. The fourth-order valence-electron chi connectivity index (χ4n) is 2.37. The Bertz CT molecular complexity index is 501. The largest absolute Gasteiger partial charge is 0.379 e. The van der Waals surface area contributed by atoms with E-state index < -0.39 is 6.10 Å². The van der Waals surface area contributed by atoms with Gasteiger partial charge in [0, 0.05) is 25.4 Å². The van der Waals surface area contributed by atoms with Crippen LogP contribution in [0.2, 0.25) is 0 Å². The third-order valence-corrected chi connectivity index (χ3v) is 3.76. The van der Waals surface area contributed by atoms with Gasteiger partial charge in [-0.1, -0.05) is 12.1 Å². The number of hydrogen-bond donors (Lipinski definition) is 2. The molecule has 0 spiro atoms. The first-order valence-corrected chi connectivity index (χ1v) is 8.09. The molecule has 0 aliphatic carbocycles. The molecule has 2 N–H and O–H groups in total. The number of amides is 1. The topological polar surface area (TPSA) is 68.8 Å². The van der Waals surface area contributed by atoms with Crippen LogP contribution < -0.4 is 10.6 Å². The predicted molar refractivity (Wildman–Crippen MR) is 88.6 cm³/mol. The van der Waals surface area contributed by atoms with E-state index in [1.54, 1.807) is 0 Å². The van der Waals surface area contributed by atoms with Crippen molar-refractivity contribution in [1.82, 2.24) is 5.32 Å². The maximum atomic E-state index is 12.2. The molecular weight excluding hydrogens is 296 g/mol. The number of anilines is 1. The molecule has 23 heavy (non-hydrogen) atoms. The molecule has 1 unspecified atom stereocenters. The lowest BCUT2D eigenvalue weighted by atomic mass is 10.1. The molecule has 6 heteroatoms. The zero-order valence-electron chi connectivity index (χ0n) is 13.9. The number of hydrogen-bond acceptors (Lipinski definition) is 5. The van der Waals surface area contributed by atoms with Gasteiger partial charge in [0.2, 0.25) is 0 Å². The maximum Gasteiger partial charge on any atom is 0.254 e. The van der Waals surface area contributed by atoms with Crippen LogP contribution in [0, 0.1) is 6.92 Å². The summed E-state index contributed by atoms with van der Waals surface area (Å²) in [7, 11) is 0. The van der Waals surface area contributed by atoms with Crippen molar-refractivity contribution in [1.29, 1.82) is 0 Å². The Kier molecular flexibility index (Phi) is 7.48. The summed E-state index contributed by atoms with van der Waals surface area (Å²) in [5, 5.41) is 6.10. The number of rotatable bonds is 8. The van der Waals surface area contributed by atoms with Crippen LogP contribution in [-0.2, 0) is 25.6 Å². The second kappa shape index (κ2) is 9.62. The van der Waals surface area contributed by atoms with Gasteiger partial charge in [0.15, 0.2) is 0 Å². The number of nitrogens with one attached hydrogen (secondary N) is 2. The molecule has 1 saturated heterocycles. The lowest BCUT2D eigenvalue weighted by Crippen LogP contribution is -2.45. The van der Waals surface area contributed by atoms with Crippen molar-refractivity contribution in [3.05, 3.63) is 29.3 Å². The fourth-order valence-corrected chi connectivity index (χ4v) is 2.37. The summed E-state index contributed by atoms with van der Waals surface area (Å²) in [6.45, 7) is 8.20. The van der Waals surface area contributed by atoms with Crippen LogP contribution in [0.4, 0.5) is 5.69 Å². The monoisotopic (exact) mass is 322 g/mol. The highest BCUT2D eigenvalue weighted by Gasteiger charge is 2.22. The first-order chi connectivity index (χ1) is 11.2. The summed E-state index contributed by atoms with van der Waals surface area (Å²) in [5.41, 5.74) is 2.87. The number of benzene rings is 1. The number of carbonyl (C=O) groups excluding carboxylic acids is 1. The van der Waals surface area contributed by atoms with E-state index >= 15 is 0 Å². The van der Waals surface area contributed by atoms with E-state index in [9.17, 15) is 4.79 Å². The molecule has 128 valence electrons. The van der Waals surface area contributed by atoms with Crippen molar-refractivity contribution < 1.29 is 19.0 Å². The average molecular weight is 322 g/mol. The van der Waals surface area contributed by atoms with Gasteiger partial charge in [-0.15, -0.1) is 0 Å². The first-order valence-electron chi connectivity index (χ1n) is 8.09. The lowest BCUT2D eigenvalue weighted by Gasteiger charge is -2.23. The van der Waals surface area contributed by atoms with Gasteiger partial charge in [-0.25, -0.2) is 0 Å². The van der Waals surface area contributed by atoms with E-state index in [1.807, 2.05) is 32.0 Å². The average Bonchev–Trinajstić information content (AvgIpc) is 2.58. The van der Waals surface area contributed by atoms with Crippen LogP contribution >= 0.6 is 0 Å². The number of ether oxygens (including phenoxy) is 3. The van der Waals surface area contributed by atoms with E-state index in [0.717, 1.165) is 23.4 Å². The molecular formula is C17H26N2O4. The molecule has 1 amide bonds. The van der Waals surface area contributed by atoms with E-state index in [2.05, 4.69) is 10.6 Å². The predicted octanol–water partition coefficient (Wildman–Crippen LogP) is 1.48. The van der Waals surface area contributed by atoms with Crippen molar-refractivity contribution >= 4 is 11.6 Å². The molecule has 1 aromatic rings. The van der Waals surface area contributed by atoms with Crippen molar-refractivity contribution in [2.24, 2.45) is 0 Å². The highest BCUT2D eigenvalue weighted by molar-refractivity contribution is 5.95. The number of morpholine rings is 1. The van der Waals surface area contributed by atoms with Gasteiger partial charge >= 0.3 is 0 Å². The minimum atomic E-state index is -0.436. The Morgan fingerprint density at radius 2 is 2.22 bits per heavy atom. The van der Waals surface area contributed by atoms with Crippen molar-refractivity contribution in [2.75, 3.05) is 44.8 Å². The minimum Gasteiger partial charge on any atom is -0.379 e. The van der Waals surface area contributed by atoms with Crippen LogP contribution in [-0.4, -0.2) is 51.5 Å². The van der Waals surface area contributed by atoms with Crippen LogP contribution in [0.1, 0.15) is 18.1 Å². The zero-order valence-corrected chi connectivity index (χ0v) is 13.9. The molecule has 1 aliphatic rings. The highest BCUT2D eigenvalue weighted by atomic mass is 16.5. The Morgan fingerprint density at radius 1 is 1.39 bits per heavy atom. The third kappa shape index (κ3) is 5.58. The summed E-state index contributed by atoms with van der Waals surface area (Å²) in [4.78, 5) is 12.2. The van der Waals surface area contributed by atoms with Gasteiger partial charge in [-0.3, -0.25) is 4.79 Å². The lowest BCUT2D eigenvalue weighted by molar-refractivity contribution is -0.128. The maximum absolute atomic E-state index is 12.2. The van der Waals surface area contributed by atoms with Crippen molar-refractivity contribution in [3.63, 3.8) is 0 Å². The van der Waals surface area contributed by atoms with Gasteiger partial charge < -0.3 is 24.8 Å². The smallest absolute Gasteiger partial charge is 0.254 e. The number of carbonyl (C=O) groups is 1. The van der Waals surface area contributed by atoms with Crippen LogP contribution in [0.3, 0.4) is 0 Å². The normalized spacial score (nSPS) is 17.9. The molecule has 1 heterocycles. The zero-order chi connectivity index (χ0) is 16.5. The van der Waals surface area contributed by atoms with Crippen molar-refractivity contribution in [2.45, 2.75) is 26.6 Å². The third-order valence-electron chi connectivity index (χ3n) is 3.76. The minimum absolute atomic E-state index is 0.116. The van der Waals surface area contributed by atoms with Crippen LogP contribution in [0.15, 0.2) is 18.2 Å². The standard InChI is InChI=1S/C17H26N2O4/c1-3-21-9-10-22-12-14-5-4-6-15(13(14)2)19-17(20)16-11-18-7-8-23-16/h4-6,16,18H,3,7-12H2,1-2H3,(H,19,20). The molecule has 1 fully saturated rings. The fraction of sp³-hybridized carbons (Fsp3) is 0.588. The van der Waals surface area contributed by atoms with Gasteiger partial charge in [0.25, 0.3) is 5.91 Å². The quantitative estimate of drug-likeness (QED) is 0.710. The van der Waals surface area contributed by atoms with E-state index in [1.165, 1.54) is 0 Å². The Hall–Kier alpha value is -1.47. The Morgan fingerprint density at radius 3 is 2.96 bits per heavy atom. The molecule has 0 aromatic heterocycles. The molecule has 1 aromatic carbocycles. The molecule has 0 radical (unpaired) electrons. The van der Waals surface area contributed by atoms with E-state index in [4.69, 9.17) is 14.2 Å². The molecule has 0 saturated carbocycles. The van der Waals surface area contributed by atoms with Crippen molar-refractivity contribution in [3.8, 4) is 0 Å². The SMILES string of the molecule is CCOCCOCc1cccc(NC(=O)C2CNCCO2)c1C. The second-order valence-corrected chi connectivity index (χ2v) is 5.39. The van der Waals surface area contributed by atoms with E-state index in [-0.39, 0.29) is 5.91 Å². The summed E-state index contributed by atoms with van der Waals surface area (Å²) >= 11 is 0. The molecule has 2 rings (SSSR count). The van der Waals surface area contributed by atoms with Gasteiger partial charge in [-0.2, -0.15) is 0 Å². The molecule has 0 bridgehead atoms. The summed E-state index contributed by atoms with van der Waals surface area (Å²) in [5.74, 6) is -0.116. The van der Waals surface area contributed by atoms with Gasteiger partial charge in [0.1, 0.15) is 6.10 Å². The molecule has 1 aliphatic heterocycles. The second-order valence-electron chi connectivity index (χ2n) is 5.39. The van der Waals surface area contributed by atoms with Crippen LogP contribution in [0.25, 0.3) is 0 Å². The highest BCUT2D eigenvalue weighted by Crippen LogP contribution is 2.20. The van der Waals surface area contributed by atoms with Crippen LogP contribution in [0.5, 0.6) is 0 Å². The summed E-state index contributed by atoms with van der Waals surface area (Å²) < 4.78 is 16.3. The molecule has 6 nitrogen and oxygen atoms in total. The molecule has 1 atom stereocenters. The van der Waals surface area contributed by atoms with Gasteiger partial charge in [0.05, 0.1) is 26.4 Å². The summed E-state index contributed by atoms with van der Waals surface area (Å²) in [6.07, 6.45) is -0.436. The summed E-state index contributed by atoms with van der Waals surface area (Å²) in [6, 6.07) is 5.82.